The van der Waals surface area contributed by atoms with Crippen molar-refractivity contribution in [2.75, 3.05) is 0 Å². The highest BCUT2D eigenvalue weighted by molar-refractivity contribution is 5.91. The van der Waals surface area contributed by atoms with Crippen molar-refractivity contribution < 1.29 is 27.1 Å². The van der Waals surface area contributed by atoms with Crippen LogP contribution in [0, 0.1) is 46.4 Å². The Hall–Kier alpha value is -3.32. The van der Waals surface area contributed by atoms with Gasteiger partial charge >= 0.3 is 5.97 Å². The smallest absolute Gasteiger partial charge is 0.343 e. The number of nitriles is 1. The summed E-state index contributed by atoms with van der Waals surface area (Å²) in [4.78, 5) is 11.8. The van der Waals surface area contributed by atoms with Gasteiger partial charge in [0.15, 0.2) is 17.7 Å². The van der Waals surface area contributed by atoms with E-state index in [0.717, 1.165) is 0 Å². The minimum absolute atomic E-state index is 0.00462. The van der Waals surface area contributed by atoms with Gasteiger partial charge in [0, 0.05) is 17.6 Å². The van der Waals surface area contributed by atoms with Crippen molar-refractivity contribution in [3.63, 3.8) is 0 Å². The maximum atomic E-state index is 13.4. The normalized spacial score (nSPS) is 9.52. The minimum atomic E-state index is -1.81. The van der Waals surface area contributed by atoms with Gasteiger partial charge in [0.25, 0.3) is 0 Å². The fourth-order valence-electron chi connectivity index (χ4n) is 1.58. The van der Waals surface area contributed by atoms with Gasteiger partial charge in [-0.05, 0) is 24.3 Å². The van der Waals surface area contributed by atoms with E-state index < -0.39 is 35.0 Å². The molecular weight excluding hydrogens is 314 g/mol. The Morgan fingerprint density at radius 1 is 1.00 bits per heavy atom. The van der Waals surface area contributed by atoms with Gasteiger partial charge in [-0.3, -0.25) is 0 Å². The lowest BCUT2D eigenvalue weighted by atomic mass is 10.1. The molecule has 3 nitrogen and oxygen atoms in total. The van der Waals surface area contributed by atoms with Crippen molar-refractivity contribution in [2.45, 2.75) is 0 Å². The predicted octanol–water partition coefficient (Wildman–Crippen LogP) is 3.34. The lowest BCUT2D eigenvalue weighted by Crippen LogP contribution is -2.12. The predicted molar refractivity (Wildman–Crippen MR) is 70.2 cm³/mol. The van der Waals surface area contributed by atoms with Crippen molar-refractivity contribution in [3.05, 3.63) is 64.7 Å². The molecule has 2 aromatic rings. The number of halogens is 4. The zero-order valence-electron chi connectivity index (χ0n) is 11.2. The highest BCUT2D eigenvalue weighted by Gasteiger charge is 2.23. The molecule has 2 rings (SSSR count). The molecule has 0 aromatic heterocycles. The molecule has 0 saturated carbocycles. The third-order valence-electron chi connectivity index (χ3n) is 2.65. The molecule has 0 aliphatic rings. The van der Waals surface area contributed by atoms with Gasteiger partial charge in [-0.2, -0.15) is 14.0 Å². The lowest BCUT2D eigenvalue weighted by molar-refractivity contribution is 0.0717. The quantitative estimate of drug-likeness (QED) is 0.280. The number of hydrogen-bond donors (Lipinski definition) is 0. The van der Waals surface area contributed by atoms with E-state index in [1.165, 1.54) is 24.3 Å². The van der Waals surface area contributed by atoms with E-state index in [1.807, 2.05) is 0 Å². The van der Waals surface area contributed by atoms with Crippen LogP contribution < -0.4 is 4.74 Å². The number of carbonyl (C=O) groups is 1. The topological polar surface area (TPSA) is 50.1 Å². The van der Waals surface area contributed by atoms with Gasteiger partial charge in [-0.1, -0.05) is 5.92 Å². The monoisotopic (exact) mass is 319 g/mol. The molecule has 114 valence electrons. The molecular formula is C16H5F4NO2. The first-order valence-corrected chi connectivity index (χ1v) is 5.99. The van der Waals surface area contributed by atoms with E-state index in [2.05, 4.69) is 16.6 Å². The molecule has 0 amide bonds. The molecule has 0 radical (unpaired) electrons. The van der Waals surface area contributed by atoms with Crippen LogP contribution in [0.15, 0.2) is 30.3 Å². The average Bonchev–Trinajstić information content (AvgIpc) is 2.55. The van der Waals surface area contributed by atoms with E-state index in [-0.39, 0.29) is 11.6 Å². The highest BCUT2D eigenvalue weighted by atomic mass is 19.2. The summed E-state index contributed by atoms with van der Waals surface area (Å²) in [6.45, 7) is 0. The van der Waals surface area contributed by atoms with Gasteiger partial charge in [0.1, 0.15) is 0 Å². The molecule has 0 N–H and O–H groups in total. The second kappa shape index (κ2) is 6.63. The van der Waals surface area contributed by atoms with Crippen molar-refractivity contribution in [1.82, 2.24) is 0 Å². The summed E-state index contributed by atoms with van der Waals surface area (Å²) in [5, 5.41) is 8.30. The number of benzene rings is 2. The molecule has 23 heavy (non-hydrogen) atoms. The van der Waals surface area contributed by atoms with Gasteiger partial charge in [0.2, 0.25) is 17.4 Å². The van der Waals surface area contributed by atoms with Crippen LogP contribution in [0.3, 0.4) is 0 Å². The van der Waals surface area contributed by atoms with Crippen LogP contribution in [0.25, 0.3) is 0 Å². The molecule has 2 aromatic carbocycles. The van der Waals surface area contributed by atoms with E-state index in [9.17, 15) is 22.4 Å². The molecule has 0 aliphatic carbocycles. The molecule has 0 fully saturated rings. The van der Waals surface area contributed by atoms with Crippen LogP contribution in [0.1, 0.15) is 15.9 Å². The summed E-state index contributed by atoms with van der Waals surface area (Å²) in [5.74, 6) is -5.07. The van der Waals surface area contributed by atoms with Crippen molar-refractivity contribution >= 4 is 5.97 Å². The van der Waals surface area contributed by atoms with E-state index in [0.29, 0.717) is 5.56 Å². The van der Waals surface area contributed by atoms with Gasteiger partial charge in [-0.25, -0.2) is 13.6 Å². The number of ether oxygens (including phenoxy) is 1. The maximum Gasteiger partial charge on any atom is 0.343 e. The third-order valence-corrected chi connectivity index (χ3v) is 2.65. The SMILES string of the molecule is N#CC#Cc1ccc(C(=O)Oc2c(F)c(F)cc(F)c2F)cc1. The van der Waals surface area contributed by atoms with Crippen LogP contribution in [0.4, 0.5) is 17.6 Å². The number of carbonyl (C=O) groups excluding carboxylic acids is 1. The molecule has 0 bridgehead atoms. The van der Waals surface area contributed by atoms with Gasteiger partial charge in [-0.15, -0.1) is 0 Å². The maximum absolute atomic E-state index is 13.4. The summed E-state index contributed by atoms with van der Waals surface area (Å²) in [6.07, 6.45) is 0. The Morgan fingerprint density at radius 2 is 1.57 bits per heavy atom. The largest absolute Gasteiger partial charge is 0.416 e. The minimum Gasteiger partial charge on any atom is -0.416 e. The van der Waals surface area contributed by atoms with E-state index >= 15 is 0 Å². The molecule has 0 unspecified atom stereocenters. The average molecular weight is 319 g/mol. The second-order valence-corrected chi connectivity index (χ2v) is 4.13. The van der Waals surface area contributed by atoms with Crippen LogP contribution in [-0.2, 0) is 0 Å². The Kier molecular flexibility index (Phi) is 4.63. The zero-order valence-corrected chi connectivity index (χ0v) is 11.2. The third kappa shape index (κ3) is 3.47. The molecule has 0 heterocycles. The van der Waals surface area contributed by atoms with Gasteiger partial charge in [0.05, 0.1) is 5.56 Å². The van der Waals surface area contributed by atoms with Crippen LogP contribution in [0.5, 0.6) is 5.75 Å². The van der Waals surface area contributed by atoms with Crippen LogP contribution in [-0.4, -0.2) is 5.97 Å². The number of rotatable bonds is 2. The standard InChI is InChI=1S/C16H5F4NO2/c17-11-8-12(18)14(20)15(13(11)19)23-16(22)10-5-3-9(4-6-10)2-1-7-21/h3-6,8H. The second-order valence-electron chi connectivity index (χ2n) is 4.13. The summed E-state index contributed by atoms with van der Waals surface area (Å²) < 4.78 is 57.3. The van der Waals surface area contributed by atoms with E-state index in [4.69, 9.17) is 5.26 Å². The Labute approximate surface area is 127 Å². The molecule has 0 spiro atoms. The summed E-state index contributed by atoms with van der Waals surface area (Å²) in [5.41, 5.74) is 0.285. The van der Waals surface area contributed by atoms with Crippen LogP contribution >= 0.6 is 0 Å². The van der Waals surface area contributed by atoms with Crippen molar-refractivity contribution in [3.8, 4) is 23.7 Å². The molecule has 0 saturated heterocycles. The number of esters is 1. The number of nitrogens with zero attached hydrogens (tertiary/aromatic N) is 1. The fraction of sp³-hybridized carbons (Fsp3) is 0. The highest BCUT2D eigenvalue weighted by Crippen LogP contribution is 2.27. The molecule has 0 atom stereocenters. The fourth-order valence-corrected chi connectivity index (χ4v) is 1.58. The van der Waals surface area contributed by atoms with E-state index in [1.54, 1.807) is 6.07 Å². The molecule has 7 heteroatoms. The van der Waals surface area contributed by atoms with Crippen molar-refractivity contribution in [2.24, 2.45) is 0 Å². The Balaban J connectivity index is 2.28. The zero-order chi connectivity index (χ0) is 17.0. The van der Waals surface area contributed by atoms with Crippen LogP contribution in [0.2, 0.25) is 0 Å². The van der Waals surface area contributed by atoms with Gasteiger partial charge < -0.3 is 4.74 Å². The summed E-state index contributed by atoms with van der Waals surface area (Å²) >= 11 is 0. The Morgan fingerprint density at radius 3 is 2.09 bits per heavy atom. The first-order valence-electron chi connectivity index (χ1n) is 5.99. The van der Waals surface area contributed by atoms with Crippen molar-refractivity contribution in [1.29, 1.82) is 5.26 Å². The summed E-state index contributed by atoms with van der Waals surface area (Å²) in [6, 6.07) is 6.76. The molecule has 0 aliphatic heterocycles. The first kappa shape index (κ1) is 16.1. The lowest BCUT2D eigenvalue weighted by Gasteiger charge is -2.08. The number of hydrogen-bond acceptors (Lipinski definition) is 3. The first-order chi connectivity index (χ1) is 10.9. The Bertz CT molecular complexity index is 848. The summed E-state index contributed by atoms with van der Waals surface area (Å²) in [7, 11) is 0.